The van der Waals surface area contributed by atoms with E-state index in [1.165, 1.54) is 11.8 Å². The van der Waals surface area contributed by atoms with Gasteiger partial charge in [0.05, 0.1) is 0 Å². The fourth-order valence-corrected chi connectivity index (χ4v) is 2.91. The van der Waals surface area contributed by atoms with Crippen molar-refractivity contribution in [3.05, 3.63) is 33.9 Å². The summed E-state index contributed by atoms with van der Waals surface area (Å²) in [7, 11) is 0. The number of rotatable bonds is 5. The van der Waals surface area contributed by atoms with Gasteiger partial charge in [0, 0.05) is 23.6 Å². The van der Waals surface area contributed by atoms with E-state index in [0.29, 0.717) is 11.1 Å². The summed E-state index contributed by atoms with van der Waals surface area (Å²) in [6, 6.07) is 1.94. The number of aryl methyl sites for hydroxylation is 1. The maximum Gasteiger partial charge on any atom is 0.328 e. The molecule has 0 fully saturated rings. The fraction of sp³-hybridized carbons (Fsp3) is 0.182. The van der Waals surface area contributed by atoms with Gasteiger partial charge in [0.15, 0.2) is 0 Å². The van der Waals surface area contributed by atoms with E-state index < -0.39 is 5.97 Å². The molecule has 0 amide bonds. The van der Waals surface area contributed by atoms with Gasteiger partial charge in [-0.2, -0.15) is 0 Å². The first-order valence-corrected chi connectivity index (χ1v) is 6.91. The summed E-state index contributed by atoms with van der Waals surface area (Å²) in [6.07, 6.45) is 2.70. The number of aliphatic carboxylic acids is 1. The molecule has 18 heavy (non-hydrogen) atoms. The average Bonchev–Trinajstić information content (AvgIpc) is 2.93. The van der Waals surface area contributed by atoms with E-state index in [4.69, 9.17) is 9.52 Å². The van der Waals surface area contributed by atoms with Gasteiger partial charge in [-0.3, -0.25) is 0 Å². The lowest BCUT2D eigenvalue weighted by Crippen LogP contribution is -1.84. The number of aromatic nitrogens is 2. The van der Waals surface area contributed by atoms with Crippen molar-refractivity contribution in [2.45, 2.75) is 17.9 Å². The van der Waals surface area contributed by atoms with E-state index in [1.807, 2.05) is 11.4 Å². The van der Waals surface area contributed by atoms with Crippen LogP contribution >= 0.6 is 23.1 Å². The summed E-state index contributed by atoms with van der Waals surface area (Å²) in [4.78, 5) is 11.5. The number of carboxylic acids is 1. The zero-order chi connectivity index (χ0) is 13.0. The normalized spacial score (nSPS) is 11.2. The Morgan fingerprint density at radius 1 is 1.61 bits per heavy atom. The van der Waals surface area contributed by atoms with E-state index in [2.05, 4.69) is 10.2 Å². The number of carboxylic acid groups (broad SMARTS) is 1. The lowest BCUT2D eigenvalue weighted by Gasteiger charge is -1.91. The Bertz CT molecular complexity index is 574. The number of carbonyl (C=O) groups is 1. The maximum atomic E-state index is 10.4. The standard InChI is InChI=1S/C11H10N2O3S2/c1-7-12-13-11(16-7)18-6-9-4-8(5-17-9)2-3-10(14)15/h2-5H,6H2,1H3,(H,14,15). The zero-order valence-electron chi connectivity index (χ0n) is 9.49. The average molecular weight is 282 g/mol. The van der Waals surface area contributed by atoms with Gasteiger partial charge in [-0.15, -0.1) is 21.5 Å². The largest absolute Gasteiger partial charge is 0.478 e. The van der Waals surface area contributed by atoms with Crippen molar-refractivity contribution in [1.82, 2.24) is 10.2 Å². The molecule has 0 unspecified atom stereocenters. The molecule has 2 aromatic heterocycles. The molecule has 0 aliphatic rings. The molecular formula is C11H10N2O3S2. The predicted octanol–water partition coefficient (Wildman–Crippen LogP) is 2.83. The molecule has 0 atom stereocenters. The number of thiophene rings is 1. The van der Waals surface area contributed by atoms with Gasteiger partial charge < -0.3 is 9.52 Å². The first kappa shape index (κ1) is 12.8. The van der Waals surface area contributed by atoms with Crippen LogP contribution in [0.2, 0.25) is 0 Å². The van der Waals surface area contributed by atoms with Gasteiger partial charge in [0.2, 0.25) is 5.89 Å². The van der Waals surface area contributed by atoms with E-state index in [-0.39, 0.29) is 0 Å². The summed E-state index contributed by atoms with van der Waals surface area (Å²) < 4.78 is 5.24. The van der Waals surface area contributed by atoms with Crippen molar-refractivity contribution in [2.75, 3.05) is 0 Å². The Kier molecular flexibility index (Phi) is 4.16. The van der Waals surface area contributed by atoms with E-state index in [1.54, 1.807) is 24.3 Å². The second kappa shape index (κ2) is 5.83. The molecule has 0 aliphatic carbocycles. The van der Waals surface area contributed by atoms with Crippen molar-refractivity contribution >= 4 is 35.1 Å². The second-order valence-electron chi connectivity index (χ2n) is 3.39. The van der Waals surface area contributed by atoms with Crippen LogP contribution in [-0.4, -0.2) is 21.3 Å². The molecule has 0 spiro atoms. The van der Waals surface area contributed by atoms with Gasteiger partial charge >= 0.3 is 5.97 Å². The minimum atomic E-state index is -0.946. The van der Waals surface area contributed by atoms with Crippen LogP contribution in [0.5, 0.6) is 0 Å². The summed E-state index contributed by atoms with van der Waals surface area (Å²) in [5, 5.41) is 18.6. The Morgan fingerprint density at radius 3 is 3.11 bits per heavy atom. The third-order valence-corrected chi connectivity index (χ3v) is 3.94. The van der Waals surface area contributed by atoms with Crippen molar-refractivity contribution in [3.63, 3.8) is 0 Å². The highest BCUT2D eigenvalue weighted by molar-refractivity contribution is 7.98. The molecule has 0 aliphatic heterocycles. The van der Waals surface area contributed by atoms with Crippen LogP contribution in [0.1, 0.15) is 16.3 Å². The van der Waals surface area contributed by atoms with Gasteiger partial charge in [-0.1, -0.05) is 11.8 Å². The number of thioether (sulfide) groups is 1. The highest BCUT2D eigenvalue weighted by Gasteiger charge is 2.05. The SMILES string of the molecule is Cc1nnc(SCc2cc(C=CC(=O)O)cs2)o1. The van der Waals surface area contributed by atoms with Crippen molar-refractivity contribution < 1.29 is 14.3 Å². The molecule has 2 aromatic rings. The Hall–Kier alpha value is -1.60. The molecule has 0 radical (unpaired) electrons. The quantitative estimate of drug-likeness (QED) is 0.671. The van der Waals surface area contributed by atoms with Crippen molar-refractivity contribution in [1.29, 1.82) is 0 Å². The molecule has 5 nitrogen and oxygen atoms in total. The highest BCUT2D eigenvalue weighted by Crippen LogP contribution is 2.25. The minimum Gasteiger partial charge on any atom is -0.478 e. The molecular weight excluding hydrogens is 272 g/mol. The lowest BCUT2D eigenvalue weighted by atomic mass is 10.3. The first-order valence-electron chi connectivity index (χ1n) is 5.05. The maximum absolute atomic E-state index is 10.4. The molecule has 94 valence electrons. The fourth-order valence-electron chi connectivity index (χ4n) is 1.20. The van der Waals surface area contributed by atoms with Gasteiger partial charge in [-0.25, -0.2) is 4.79 Å². The molecule has 1 N–H and O–H groups in total. The van der Waals surface area contributed by atoms with E-state index in [0.717, 1.165) is 22.3 Å². The Labute approximate surface area is 112 Å². The molecule has 0 saturated carbocycles. The van der Waals surface area contributed by atoms with Crippen molar-refractivity contribution in [3.8, 4) is 0 Å². The molecule has 2 heterocycles. The summed E-state index contributed by atoms with van der Waals surface area (Å²) in [6.45, 7) is 1.75. The summed E-state index contributed by atoms with van der Waals surface area (Å²) in [5.74, 6) is 0.333. The molecule has 2 rings (SSSR count). The van der Waals surface area contributed by atoms with E-state index in [9.17, 15) is 4.79 Å². The van der Waals surface area contributed by atoms with Crippen LogP contribution in [0.15, 0.2) is 27.2 Å². The zero-order valence-corrected chi connectivity index (χ0v) is 11.1. The van der Waals surface area contributed by atoms with Crippen LogP contribution in [0.3, 0.4) is 0 Å². The monoisotopic (exact) mass is 282 g/mol. The number of nitrogens with zero attached hydrogens (tertiary/aromatic N) is 2. The van der Waals surface area contributed by atoms with Crippen molar-refractivity contribution in [2.24, 2.45) is 0 Å². The van der Waals surface area contributed by atoms with Crippen LogP contribution in [0.4, 0.5) is 0 Å². The Morgan fingerprint density at radius 2 is 2.44 bits per heavy atom. The molecule has 0 aromatic carbocycles. The van der Waals surface area contributed by atoms with Gasteiger partial charge in [0.1, 0.15) is 0 Å². The highest BCUT2D eigenvalue weighted by atomic mass is 32.2. The molecule has 0 saturated heterocycles. The number of hydrogen-bond donors (Lipinski definition) is 1. The predicted molar refractivity (Wildman–Crippen MR) is 69.6 cm³/mol. The second-order valence-corrected chi connectivity index (χ2v) is 5.32. The van der Waals surface area contributed by atoms with Gasteiger partial charge in [0.25, 0.3) is 5.22 Å². The third-order valence-electron chi connectivity index (χ3n) is 1.94. The third kappa shape index (κ3) is 3.71. The van der Waals surface area contributed by atoms with E-state index >= 15 is 0 Å². The molecule has 7 heteroatoms. The van der Waals surface area contributed by atoms with Crippen LogP contribution in [0, 0.1) is 6.92 Å². The summed E-state index contributed by atoms with van der Waals surface area (Å²) >= 11 is 3.03. The van der Waals surface area contributed by atoms with Crippen LogP contribution < -0.4 is 0 Å². The summed E-state index contributed by atoms with van der Waals surface area (Å²) in [5.41, 5.74) is 0.889. The topological polar surface area (TPSA) is 76.2 Å². The Balaban J connectivity index is 1.92. The number of hydrogen-bond acceptors (Lipinski definition) is 6. The minimum absolute atomic E-state index is 0.545. The van der Waals surface area contributed by atoms with Crippen LogP contribution in [0.25, 0.3) is 6.08 Å². The first-order chi connectivity index (χ1) is 8.63. The van der Waals surface area contributed by atoms with Crippen LogP contribution in [-0.2, 0) is 10.5 Å². The smallest absolute Gasteiger partial charge is 0.328 e. The lowest BCUT2D eigenvalue weighted by molar-refractivity contribution is -0.131. The van der Waals surface area contributed by atoms with Gasteiger partial charge in [-0.05, 0) is 23.1 Å². The molecule has 0 bridgehead atoms.